The molecule has 87 valence electrons. The van der Waals surface area contributed by atoms with Crippen LogP contribution in [0.15, 0.2) is 0 Å². The predicted molar refractivity (Wildman–Crippen MR) is 71.9 cm³/mol. The molecule has 0 nitrogen and oxygen atoms in total. The Kier molecular flexibility index (Phi) is 11.6. The summed E-state index contributed by atoms with van der Waals surface area (Å²) in [5.74, 6) is 2.85. The number of halogens is 1. The first-order valence-corrected chi connectivity index (χ1v) is 11.8. The molecule has 0 unspecified atom stereocenters. The van der Waals surface area contributed by atoms with E-state index in [4.69, 9.17) is 0 Å². The third kappa shape index (κ3) is 11.2. The van der Waals surface area contributed by atoms with Gasteiger partial charge < -0.3 is 0 Å². The smallest absolute Gasteiger partial charge is 0.147 e. The summed E-state index contributed by atoms with van der Waals surface area (Å²) in [7, 11) is 0. The van der Waals surface area contributed by atoms with Gasteiger partial charge in [0.15, 0.2) is 0 Å². The number of hydrogen-bond acceptors (Lipinski definition) is 0. The average molecular weight is 327 g/mol. The van der Waals surface area contributed by atoms with Crippen molar-refractivity contribution < 1.29 is 0 Å². The van der Waals surface area contributed by atoms with Crippen molar-refractivity contribution in [3.8, 4) is 0 Å². The minimum absolute atomic E-state index is 0. The summed E-state index contributed by atoms with van der Waals surface area (Å²) >= 11 is -0.976. The molecule has 0 saturated heterocycles. The van der Waals surface area contributed by atoms with E-state index in [-0.39, 0.29) is 12.4 Å². The Morgan fingerprint density at radius 2 is 0.857 bits per heavy atom. The van der Waals surface area contributed by atoms with Gasteiger partial charge in [-0.05, 0) is 0 Å². The van der Waals surface area contributed by atoms with Gasteiger partial charge in [-0.1, -0.05) is 0 Å². The molecule has 0 saturated carbocycles. The van der Waals surface area contributed by atoms with Gasteiger partial charge in [-0.15, -0.1) is 12.4 Å². The maximum atomic E-state index is 2.39. The Balaban J connectivity index is 0. The Morgan fingerprint density at radius 3 is 1.00 bits per heavy atom. The molecule has 0 atom stereocenters. The van der Waals surface area contributed by atoms with Gasteiger partial charge in [0.1, 0.15) is 0 Å². The van der Waals surface area contributed by atoms with E-state index in [0.717, 1.165) is 17.8 Å². The fourth-order valence-corrected chi connectivity index (χ4v) is 13.3. The van der Waals surface area contributed by atoms with Crippen LogP contribution in [0.2, 0.25) is 13.3 Å². The number of rotatable bonds is 6. The third-order valence-corrected chi connectivity index (χ3v) is 14.0. The second-order valence-electron chi connectivity index (χ2n) is 5.54. The van der Waals surface area contributed by atoms with Crippen molar-refractivity contribution in [3.05, 3.63) is 0 Å². The van der Waals surface area contributed by atoms with E-state index in [0.29, 0.717) is 0 Å². The fraction of sp³-hybridized carbons (Fsp3) is 1.00. The van der Waals surface area contributed by atoms with Gasteiger partial charge in [0.05, 0.1) is 0 Å². The van der Waals surface area contributed by atoms with E-state index in [1.165, 1.54) is 0 Å². The summed E-state index contributed by atoms with van der Waals surface area (Å²) in [6.45, 7) is 14.3. The molecule has 0 aromatic carbocycles. The van der Waals surface area contributed by atoms with E-state index in [2.05, 4.69) is 41.5 Å². The van der Waals surface area contributed by atoms with Crippen LogP contribution in [0.3, 0.4) is 0 Å². The van der Waals surface area contributed by atoms with Crippen molar-refractivity contribution in [1.82, 2.24) is 0 Å². The molecule has 0 N–H and O–H groups in total. The molecule has 0 amide bonds. The van der Waals surface area contributed by atoms with Crippen LogP contribution in [0, 0.1) is 17.8 Å². The second kappa shape index (κ2) is 9.32. The molecular weight excluding hydrogens is 298 g/mol. The van der Waals surface area contributed by atoms with Crippen molar-refractivity contribution in [1.29, 1.82) is 0 Å². The molecule has 0 aromatic rings. The zero-order chi connectivity index (χ0) is 10.4. The Hall–Kier alpha value is 1.09. The maximum Gasteiger partial charge on any atom is -0.147 e. The summed E-state index contributed by atoms with van der Waals surface area (Å²) in [4.78, 5) is 0. The van der Waals surface area contributed by atoms with Crippen LogP contribution >= 0.6 is 12.4 Å². The minimum atomic E-state index is -0.976. The fourth-order valence-electron chi connectivity index (χ4n) is 1.98. The molecule has 14 heavy (non-hydrogen) atoms. The molecule has 0 rings (SSSR count). The monoisotopic (exact) mass is 327 g/mol. The van der Waals surface area contributed by atoms with Crippen molar-refractivity contribution >= 4 is 32.2 Å². The maximum absolute atomic E-state index is 2.39. The molecule has 2 heteroatoms. The van der Waals surface area contributed by atoms with Crippen molar-refractivity contribution in [2.45, 2.75) is 54.9 Å². The summed E-state index contributed by atoms with van der Waals surface area (Å²) < 4.78 is 4.83. The van der Waals surface area contributed by atoms with Crippen LogP contribution in [0.4, 0.5) is 0 Å². The predicted octanol–water partition coefficient (Wildman–Crippen LogP) is 4.87. The molecule has 0 spiro atoms. The Bertz CT molecular complexity index is 97.7. The zero-order valence-electron chi connectivity index (χ0n) is 10.8. The minimum Gasteiger partial charge on any atom is -0.147 e. The first kappa shape index (κ1) is 17.5. The summed E-state index contributed by atoms with van der Waals surface area (Å²) in [6, 6.07) is 0. The van der Waals surface area contributed by atoms with Gasteiger partial charge >= 0.3 is 92.4 Å². The van der Waals surface area contributed by atoms with E-state index in [9.17, 15) is 0 Å². The van der Waals surface area contributed by atoms with Crippen molar-refractivity contribution in [2.75, 3.05) is 0 Å². The van der Waals surface area contributed by atoms with Gasteiger partial charge in [-0.2, -0.15) is 0 Å². The van der Waals surface area contributed by atoms with Gasteiger partial charge in [0, 0.05) is 0 Å². The van der Waals surface area contributed by atoms with Crippen LogP contribution in [0.25, 0.3) is 0 Å². The van der Waals surface area contributed by atoms with E-state index >= 15 is 0 Å². The molecule has 1 radical (unpaired) electrons. The SMILES string of the molecule is CC(C)[CH2][Sn]([CH2]C(C)C)[CH2]C(C)C.Cl. The molecule has 0 aliphatic rings. The van der Waals surface area contributed by atoms with Crippen LogP contribution < -0.4 is 0 Å². The molecule has 0 bridgehead atoms. The van der Waals surface area contributed by atoms with E-state index in [1.54, 1.807) is 13.3 Å². The molecule has 0 aliphatic carbocycles. The van der Waals surface area contributed by atoms with E-state index < -0.39 is 19.8 Å². The first-order valence-electron chi connectivity index (χ1n) is 5.75. The second-order valence-corrected chi connectivity index (χ2v) is 13.3. The quantitative estimate of drug-likeness (QED) is 0.611. The van der Waals surface area contributed by atoms with Crippen LogP contribution in [0.1, 0.15) is 41.5 Å². The van der Waals surface area contributed by atoms with Gasteiger partial charge in [0.25, 0.3) is 0 Å². The van der Waals surface area contributed by atoms with E-state index in [1.807, 2.05) is 0 Å². The van der Waals surface area contributed by atoms with Gasteiger partial charge in [-0.3, -0.25) is 0 Å². The van der Waals surface area contributed by atoms with Gasteiger partial charge in [0.2, 0.25) is 0 Å². The summed E-state index contributed by atoms with van der Waals surface area (Å²) in [6.07, 6.45) is 0. The average Bonchev–Trinajstić information content (AvgIpc) is 1.80. The van der Waals surface area contributed by atoms with Crippen LogP contribution in [-0.4, -0.2) is 19.8 Å². The van der Waals surface area contributed by atoms with Crippen LogP contribution in [-0.2, 0) is 0 Å². The third-order valence-electron chi connectivity index (χ3n) is 2.09. The summed E-state index contributed by atoms with van der Waals surface area (Å²) in [5.41, 5.74) is 0. The standard InChI is InChI=1S/3C4H9.ClH.Sn/c3*1-4(2)3;;/h3*4H,1H2,2-3H3;1H;. The zero-order valence-corrected chi connectivity index (χ0v) is 14.4. The Labute approximate surface area is 104 Å². The van der Waals surface area contributed by atoms with Crippen molar-refractivity contribution in [3.63, 3.8) is 0 Å². The molecule has 0 heterocycles. The molecular formula is C12H28ClSn. The molecule has 0 aromatic heterocycles. The normalized spacial score (nSPS) is 11.6. The Morgan fingerprint density at radius 1 is 0.643 bits per heavy atom. The van der Waals surface area contributed by atoms with Crippen molar-refractivity contribution in [2.24, 2.45) is 17.8 Å². The van der Waals surface area contributed by atoms with Gasteiger partial charge in [-0.25, -0.2) is 0 Å². The molecule has 0 fully saturated rings. The largest absolute Gasteiger partial charge is 0.147 e. The first-order chi connectivity index (χ1) is 5.91. The molecule has 0 aliphatic heterocycles. The number of hydrogen-bond donors (Lipinski definition) is 0. The van der Waals surface area contributed by atoms with Crippen LogP contribution in [0.5, 0.6) is 0 Å². The summed E-state index contributed by atoms with van der Waals surface area (Å²) in [5, 5.41) is 0. The topological polar surface area (TPSA) is 0 Å².